The van der Waals surface area contributed by atoms with Crippen LogP contribution in [0.3, 0.4) is 0 Å². The van der Waals surface area contributed by atoms with Crippen LogP contribution in [0.5, 0.6) is 0 Å². The fourth-order valence-electron chi connectivity index (χ4n) is 0.750. The van der Waals surface area contributed by atoms with E-state index in [0.717, 1.165) is 5.92 Å². The van der Waals surface area contributed by atoms with Gasteiger partial charge in [-0.15, -0.1) is 0 Å². The molecule has 1 aliphatic carbocycles. The molecule has 1 fully saturated rings. The van der Waals surface area contributed by atoms with Crippen molar-refractivity contribution in [2.24, 2.45) is 5.92 Å². The summed E-state index contributed by atoms with van der Waals surface area (Å²) >= 11 is 0. The lowest BCUT2D eigenvalue weighted by molar-refractivity contribution is 1.06. The van der Waals surface area contributed by atoms with Crippen molar-refractivity contribution in [2.45, 2.75) is 39.4 Å². The summed E-state index contributed by atoms with van der Waals surface area (Å²) in [6.07, 6.45) is 6.35. The molecule has 0 heterocycles. The van der Waals surface area contributed by atoms with Crippen molar-refractivity contribution in [3.05, 3.63) is 11.3 Å². The first-order valence-electron chi connectivity index (χ1n) is 4.11. The molecule has 1 heteroatoms. The Labute approximate surface area is 65.3 Å². The Bertz CT molecular complexity index is 147. The molecule has 0 aromatic carbocycles. The molecule has 0 aromatic rings. The predicted octanol–water partition coefficient (Wildman–Crippen LogP) is 3.02. The van der Waals surface area contributed by atoms with Gasteiger partial charge in [-0.3, -0.25) is 0 Å². The van der Waals surface area contributed by atoms with Crippen molar-refractivity contribution in [2.75, 3.05) is 0 Å². The number of rotatable bonds is 2. The van der Waals surface area contributed by atoms with Crippen LogP contribution in [0.25, 0.3) is 0 Å². The second kappa shape index (κ2) is 2.48. The van der Waals surface area contributed by atoms with Crippen LogP contribution >= 0.6 is 0 Å². The highest BCUT2D eigenvalue weighted by atomic mass is 28.3. The van der Waals surface area contributed by atoms with Gasteiger partial charge in [0.2, 0.25) is 6.08 Å². The summed E-state index contributed by atoms with van der Waals surface area (Å²) in [5, 5.41) is 1.56. The third kappa shape index (κ3) is 2.24. The molecule has 0 amide bonds. The second-order valence-corrected chi connectivity index (χ2v) is 9.54. The Morgan fingerprint density at radius 1 is 1.30 bits per heavy atom. The first kappa shape index (κ1) is 7.97. The van der Waals surface area contributed by atoms with Gasteiger partial charge in [0.05, 0.1) is 0 Å². The largest absolute Gasteiger partial charge is 0.218 e. The Hall–Kier alpha value is -0.133. The van der Waals surface area contributed by atoms with Crippen molar-refractivity contribution >= 4 is 8.07 Å². The third-order valence-electron chi connectivity index (χ3n) is 2.12. The minimum absolute atomic E-state index is 0.840. The van der Waals surface area contributed by atoms with Crippen LogP contribution in [0.15, 0.2) is 5.20 Å². The van der Waals surface area contributed by atoms with E-state index in [0.29, 0.717) is 0 Å². The van der Waals surface area contributed by atoms with Gasteiger partial charge in [0.1, 0.15) is 13.3 Å². The molecule has 0 unspecified atom stereocenters. The minimum Gasteiger partial charge on any atom is -0.0617 e. The second-order valence-electron chi connectivity index (χ2n) is 4.29. The molecule has 0 aromatic heterocycles. The van der Waals surface area contributed by atoms with Crippen LogP contribution in [0.1, 0.15) is 19.8 Å². The normalized spacial score (nSPS) is 20.6. The highest BCUT2D eigenvalue weighted by Gasteiger charge is 2.35. The summed E-state index contributed by atoms with van der Waals surface area (Å²) < 4.78 is 0. The lowest BCUT2D eigenvalue weighted by Crippen LogP contribution is -2.22. The SMILES string of the molecule is CC(=[C+]C1CC1)[Si](C)(C)C. The Morgan fingerprint density at radius 2 is 1.80 bits per heavy atom. The quantitative estimate of drug-likeness (QED) is 0.422. The van der Waals surface area contributed by atoms with Gasteiger partial charge >= 0.3 is 0 Å². The van der Waals surface area contributed by atoms with Crippen LogP contribution in [0, 0.1) is 12.0 Å². The molecule has 56 valence electrons. The van der Waals surface area contributed by atoms with E-state index in [4.69, 9.17) is 0 Å². The van der Waals surface area contributed by atoms with Gasteiger partial charge in [0, 0.05) is 19.8 Å². The monoisotopic (exact) mass is 153 g/mol. The average molecular weight is 153 g/mol. The Kier molecular flexibility index (Phi) is 1.98. The van der Waals surface area contributed by atoms with E-state index >= 15 is 0 Å². The minimum atomic E-state index is -0.978. The highest BCUT2D eigenvalue weighted by Crippen LogP contribution is 2.31. The first-order valence-corrected chi connectivity index (χ1v) is 7.61. The molecule has 0 saturated heterocycles. The Morgan fingerprint density at radius 3 is 2.10 bits per heavy atom. The van der Waals surface area contributed by atoms with Crippen LogP contribution in [0.4, 0.5) is 0 Å². The summed E-state index contributed by atoms with van der Waals surface area (Å²) in [6, 6.07) is 0. The molecule has 10 heavy (non-hydrogen) atoms. The molecule has 0 radical (unpaired) electrons. The summed E-state index contributed by atoms with van der Waals surface area (Å²) in [7, 11) is -0.978. The van der Waals surface area contributed by atoms with Crippen LogP contribution in [-0.4, -0.2) is 8.07 Å². The molecule has 0 atom stereocenters. The van der Waals surface area contributed by atoms with Crippen molar-refractivity contribution in [1.29, 1.82) is 0 Å². The Balaban J connectivity index is 2.53. The first-order chi connectivity index (χ1) is 4.50. The van der Waals surface area contributed by atoms with E-state index in [2.05, 4.69) is 32.6 Å². The van der Waals surface area contributed by atoms with Crippen LogP contribution in [-0.2, 0) is 0 Å². The van der Waals surface area contributed by atoms with Crippen molar-refractivity contribution in [3.8, 4) is 0 Å². The van der Waals surface area contributed by atoms with Crippen LogP contribution < -0.4 is 0 Å². The molecule has 0 aliphatic heterocycles. The number of hydrogen-bond acceptors (Lipinski definition) is 0. The van der Waals surface area contributed by atoms with Gasteiger partial charge in [0.25, 0.3) is 0 Å². The zero-order valence-corrected chi connectivity index (χ0v) is 8.49. The van der Waals surface area contributed by atoms with E-state index in [-0.39, 0.29) is 0 Å². The third-order valence-corrected chi connectivity index (χ3v) is 4.52. The van der Waals surface area contributed by atoms with Crippen molar-refractivity contribution in [3.63, 3.8) is 0 Å². The molecular weight excluding hydrogens is 136 g/mol. The molecule has 1 saturated carbocycles. The fraction of sp³-hybridized carbons (Fsp3) is 0.778. The van der Waals surface area contributed by atoms with Gasteiger partial charge < -0.3 is 0 Å². The maximum atomic E-state index is 3.57. The van der Waals surface area contributed by atoms with Crippen molar-refractivity contribution in [1.82, 2.24) is 0 Å². The molecule has 0 N–H and O–H groups in total. The standard InChI is InChI=1S/C9H17Si/c1-8(10(2,3)4)7-9-5-6-9/h9H,5-6H2,1-4H3/q+1. The van der Waals surface area contributed by atoms with Gasteiger partial charge in [-0.2, -0.15) is 0 Å². The molecule has 0 nitrogen and oxygen atoms in total. The topological polar surface area (TPSA) is 0 Å². The van der Waals surface area contributed by atoms with Crippen LogP contribution in [0.2, 0.25) is 19.6 Å². The zero-order chi connectivity index (χ0) is 7.78. The predicted molar refractivity (Wildman–Crippen MR) is 48.5 cm³/mol. The van der Waals surface area contributed by atoms with Crippen molar-refractivity contribution < 1.29 is 0 Å². The van der Waals surface area contributed by atoms with E-state index in [1.165, 1.54) is 12.8 Å². The van der Waals surface area contributed by atoms with Gasteiger partial charge in [0.15, 0.2) is 5.92 Å². The van der Waals surface area contributed by atoms with E-state index in [1.807, 2.05) is 0 Å². The smallest absolute Gasteiger partial charge is 0.0617 e. The number of allylic oxidation sites excluding steroid dienone is 2. The van der Waals surface area contributed by atoms with E-state index in [9.17, 15) is 0 Å². The fourth-order valence-corrected chi connectivity index (χ4v) is 1.39. The summed E-state index contributed by atoms with van der Waals surface area (Å²) in [4.78, 5) is 0. The maximum absolute atomic E-state index is 3.57. The lowest BCUT2D eigenvalue weighted by Gasteiger charge is -2.06. The van der Waals surface area contributed by atoms with Gasteiger partial charge in [-0.1, -0.05) is 19.6 Å². The molecule has 1 rings (SSSR count). The maximum Gasteiger partial charge on any atom is 0.218 e. The lowest BCUT2D eigenvalue weighted by atomic mass is 10.4. The molecular formula is C9H17Si+. The van der Waals surface area contributed by atoms with E-state index < -0.39 is 8.07 Å². The molecule has 0 spiro atoms. The van der Waals surface area contributed by atoms with E-state index in [1.54, 1.807) is 5.20 Å². The summed E-state index contributed by atoms with van der Waals surface area (Å²) in [5.74, 6) is 0.840. The summed E-state index contributed by atoms with van der Waals surface area (Å²) in [5.41, 5.74) is 0. The average Bonchev–Trinajstić information content (AvgIpc) is 2.47. The van der Waals surface area contributed by atoms with Gasteiger partial charge in [-0.05, 0) is 0 Å². The number of hydrogen-bond donors (Lipinski definition) is 0. The molecule has 0 bridgehead atoms. The van der Waals surface area contributed by atoms with Gasteiger partial charge in [-0.25, -0.2) is 0 Å². The highest BCUT2D eigenvalue weighted by molar-refractivity contribution is 6.82. The molecule has 1 aliphatic rings. The zero-order valence-electron chi connectivity index (χ0n) is 7.49. The summed E-state index contributed by atoms with van der Waals surface area (Å²) in [6.45, 7) is 9.41.